The number of halogens is 17. The molecule has 0 atom stereocenters. The van der Waals surface area contributed by atoms with Crippen molar-refractivity contribution in [3.8, 4) is 79.4 Å². The molecule has 15 rings (SSSR count). The Morgan fingerprint density at radius 1 is 0.385 bits per heavy atom. The lowest BCUT2D eigenvalue weighted by Crippen LogP contribution is -2.41. The van der Waals surface area contributed by atoms with Gasteiger partial charge in [-0.05, 0) is 261 Å². The van der Waals surface area contributed by atoms with Crippen molar-refractivity contribution in [1.82, 2.24) is 0 Å². The average molecular weight is 1600 g/mol. The van der Waals surface area contributed by atoms with Crippen LogP contribution in [0.15, 0.2) is 162 Å². The second-order valence-electron chi connectivity index (χ2n) is 25.7. The molecule has 0 aromatic heterocycles. The van der Waals surface area contributed by atoms with Crippen LogP contribution in [0.4, 0.5) is 93.0 Å². The first-order valence-electron chi connectivity index (χ1n) is 32.2. The number of rotatable bonds is 9. The van der Waals surface area contributed by atoms with Crippen molar-refractivity contribution in [2.45, 2.75) is 98.3 Å². The topological polar surface area (TPSA) is 185 Å². The molecule has 5 aliphatic heterocycles. The highest BCUT2D eigenvalue weighted by molar-refractivity contribution is 9.10. The minimum absolute atomic E-state index is 0.00434. The van der Waals surface area contributed by atoms with Gasteiger partial charge in [0.2, 0.25) is 0 Å². The predicted octanol–water partition coefficient (Wildman–Crippen LogP) is 20.2. The molecule has 109 heavy (non-hydrogen) atoms. The smallest absolute Gasteiger partial charge is 0.399 e. The van der Waals surface area contributed by atoms with Gasteiger partial charge in [-0.1, -0.05) is 12.1 Å². The average Bonchev–Trinajstić information content (AvgIpc) is 1.64. The molecule has 33 heteroatoms. The molecule has 570 valence electrons. The third-order valence-electron chi connectivity index (χ3n) is 17.3. The highest BCUT2D eigenvalue weighted by Crippen LogP contribution is 2.49. The van der Waals surface area contributed by atoms with E-state index in [0.717, 1.165) is 48.0 Å². The molecular formula is C76H58BBrF16N4O11. The van der Waals surface area contributed by atoms with E-state index in [1.165, 1.54) is 103 Å². The Morgan fingerprint density at radius 3 is 1.10 bits per heavy atom. The van der Waals surface area contributed by atoms with Gasteiger partial charge >= 0.3 is 32.3 Å². The Labute approximate surface area is 618 Å². The van der Waals surface area contributed by atoms with E-state index >= 15 is 0 Å². The molecule has 0 unspecified atom stereocenters. The van der Waals surface area contributed by atoms with E-state index in [2.05, 4.69) is 64.5 Å². The lowest BCUT2D eigenvalue weighted by atomic mass is 9.76. The number of fused-ring (bicyclic) bond motifs is 4. The number of aryl methyl sites for hydroxylation is 4. The predicted molar refractivity (Wildman–Crippen MR) is 372 cm³/mol. The minimum atomic E-state index is -3.80. The number of alkyl halides is 8. The van der Waals surface area contributed by atoms with E-state index in [-0.39, 0.29) is 97.6 Å². The van der Waals surface area contributed by atoms with Crippen LogP contribution in [-0.2, 0) is 15.9 Å². The second kappa shape index (κ2) is 30.1. The minimum Gasteiger partial charge on any atom is -0.399 e. The zero-order valence-electron chi connectivity index (χ0n) is 57.9. The van der Waals surface area contributed by atoms with Crippen LogP contribution in [0.25, 0.3) is 33.4 Å². The number of amides is 1. The summed E-state index contributed by atoms with van der Waals surface area (Å²) in [6.07, 6.45) is -14.9. The zero-order chi connectivity index (χ0) is 79.4. The number of nitrogens with two attached hydrogens (primary N) is 2. The molecule has 0 spiro atoms. The quantitative estimate of drug-likeness (QED) is 0.0608. The molecule has 1 amide bonds. The van der Waals surface area contributed by atoms with Crippen LogP contribution in [0.3, 0.4) is 0 Å². The summed E-state index contributed by atoms with van der Waals surface area (Å²) < 4.78 is 263. The molecular weight excluding hydrogens is 1540 g/mol. The maximum atomic E-state index is 14.7. The Balaban J connectivity index is 0.000000140. The van der Waals surface area contributed by atoms with Crippen LogP contribution >= 0.6 is 15.9 Å². The van der Waals surface area contributed by atoms with E-state index in [9.17, 15) is 75.0 Å². The van der Waals surface area contributed by atoms with Crippen LogP contribution in [0.5, 0.6) is 46.0 Å². The number of carbonyl (C=O) groups excluding carboxylic acids is 1. The number of hydrogen-bond donors (Lipinski definition) is 4. The molecule has 1 fully saturated rings. The molecule has 15 nitrogen and oxygen atoms in total. The number of nitrogens with one attached hydrogen (secondary N) is 2. The van der Waals surface area contributed by atoms with E-state index in [0.29, 0.717) is 49.1 Å². The summed E-state index contributed by atoms with van der Waals surface area (Å²) in [5.74, 6) is -7.79. The van der Waals surface area contributed by atoms with Gasteiger partial charge in [0.1, 0.15) is 52.1 Å². The molecule has 6 N–H and O–H groups in total. The van der Waals surface area contributed by atoms with Crippen molar-refractivity contribution in [2.75, 3.05) is 22.1 Å². The second-order valence-corrected chi connectivity index (χ2v) is 26.5. The molecule has 1 saturated heterocycles. The van der Waals surface area contributed by atoms with Crippen molar-refractivity contribution in [2.24, 2.45) is 0 Å². The number of ether oxygens (including phenoxy) is 8. The molecule has 10 aromatic carbocycles. The normalized spacial score (nSPS) is 15.9. The van der Waals surface area contributed by atoms with Crippen LogP contribution in [0.2, 0.25) is 0 Å². The Morgan fingerprint density at radius 2 is 0.716 bits per heavy atom. The first-order valence-corrected chi connectivity index (χ1v) is 33.0. The summed E-state index contributed by atoms with van der Waals surface area (Å²) in [7, 11) is -0.627. The number of nitrogen functional groups attached to an aromatic ring is 2. The number of benzene rings is 10. The van der Waals surface area contributed by atoms with Gasteiger partial charge in [0.05, 0.1) is 15.7 Å². The van der Waals surface area contributed by atoms with Gasteiger partial charge in [0.15, 0.2) is 46.0 Å². The summed E-state index contributed by atoms with van der Waals surface area (Å²) in [5.41, 5.74) is 14.3. The van der Waals surface area contributed by atoms with Crippen molar-refractivity contribution < 1.29 is 122 Å². The van der Waals surface area contributed by atoms with Gasteiger partial charge in [-0.2, -0.15) is 0 Å². The zero-order valence-corrected chi connectivity index (χ0v) is 59.5. The maximum absolute atomic E-state index is 14.7. The van der Waals surface area contributed by atoms with Gasteiger partial charge in [-0.25, -0.2) is 35.1 Å². The van der Waals surface area contributed by atoms with Crippen molar-refractivity contribution in [3.05, 3.63) is 242 Å². The van der Waals surface area contributed by atoms with Gasteiger partial charge in [-0.3, -0.25) is 4.79 Å². The number of hydrogen-bond acceptors (Lipinski definition) is 14. The fraction of sp³-hybridized carbons (Fsp3) is 0.197. The van der Waals surface area contributed by atoms with E-state index in [1.54, 1.807) is 39.8 Å². The SMILES string of the molecule is Cc1cc2c(cc1-c1ccc(N)cc1F)OC(F)(F)O2.Cc1cc2c(cc1-c1ccc(NC(=O)c3c(F)cccc3F)cc1F)OC(F)(F)O2.Cc1cc2c(cc1-c1ccc(NCc3c(F)cccc3F)cc1F)OC(F)(F)O2.Cc1cc2c(cc1B1OC(C)(C)C(C)(C)O1)OC(F)(F)O2.Nc1ccc(Br)c(F)c1. The highest BCUT2D eigenvalue weighted by Gasteiger charge is 2.53. The first-order chi connectivity index (χ1) is 50.9. The Kier molecular flexibility index (Phi) is 21.8. The van der Waals surface area contributed by atoms with Crippen LogP contribution in [0, 0.1) is 74.2 Å². The standard InChI is InChI=1S/C21H12F5NO3.C21H14F5NO2.C14H17BF2O4.C14H10F3NO2.C6H5BrFN/c1-10-7-17-18(30-21(25,26)29-17)9-13(10)12-6-5-11(8-16(12)24)27-20(28)19-14(22)3-2-4-15(19)23;1-11-7-19-20(29-21(25,26)28-19)9-14(11)13-6-5-12(8-18(13)24)27-10-15-16(22)3-2-4-17(15)23;1-8-6-10-11(19-14(16,17)18-10)7-9(8)15-20-12(2,3)13(4,5)21-15;1-7-4-12-13(20-14(16,17)19-12)6-10(7)9-3-2-8(18)5-11(9)15;7-5-2-1-4(9)3-6(5)8/h2-9H,1H3,(H,27,28);2-9,27H,10H2,1H3;6-7H,1-5H3;2-6H,18H2,1H3;1-3H,9H2. The largest absolute Gasteiger partial charge is 0.586 e. The van der Waals surface area contributed by atoms with E-state index in [4.69, 9.17) is 20.8 Å². The summed E-state index contributed by atoms with van der Waals surface area (Å²) in [4.78, 5) is 12.1. The molecule has 10 aromatic rings. The van der Waals surface area contributed by atoms with Crippen molar-refractivity contribution in [3.63, 3.8) is 0 Å². The summed E-state index contributed by atoms with van der Waals surface area (Å²) in [6, 6.07) is 33.7. The maximum Gasteiger partial charge on any atom is 0.586 e. The van der Waals surface area contributed by atoms with E-state index in [1.807, 2.05) is 27.7 Å². The number of carbonyl (C=O) groups is 1. The lowest BCUT2D eigenvalue weighted by Gasteiger charge is -2.32. The van der Waals surface area contributed by atoms with E-state index < -0.39 is 95.7 Å². The fourth-order valence-corrected chi connectivity index (χ4v) is 11.5. The van der Waals surface area contributed by atoms with Gasteiger partial charge in [0, 0.05) is 51.5 Å². The van der Waals surface area contributed by atoms with Crippen LogP contribution < -0.4 is 65.5 Å². The third kappa shape index (κ3) is 17.9. The molecule has 0 saturated carbocycles. The summed E-state index contributed by atoms with van der Waals surface area (Å²) in [6.45, 7) is 14.2. The van der Waals surface area contributed by atoms with Gasteiger partial charge in [0.25, 0.3) is 5.91 Å². The number of anilines is 4. The van der Waals surface area contributed by atoms with Crippen molar-refractivity contribution in [1.29, 1.82) is 0 Å². The molecule has 5 heterocycles. The van der Waals surface area contributed by atoms with Crippen LogP contribution in [0.1, 0.15) is 65.9 Å². The lowest BCUT2D eigenvalue weighted by molar-refractivity contribution is -0.287. The van der Waals surface area contributed by atoms with Gasteiger partial charge < -0.3 is 69.3 Å². The Bertz CT molecular complexity index is 5160. The molecule has 0 radical (unpaired) electrons. The van der Waals surface area contributed by atoms with Crippen LogP contribution in [-0.4, -0.2) is 49.4 Å². The monoisotopic (exact) mass is 1600 g/mol. The van der Waals surface area contributed by atoms with Crippen molar-refractivity contribution >= 4 is 57.2 Å². The Hall–Kier alpha value is -11.2. The summed E-state index contributed by atoms with van der Waals surface area (Å²) in [5, 5.41) is 4.99. The molecule has 0 bridgehead atoms. The first kappa shape index (κ1) is 78.9. The third-order valence-corrected chi connectivity index (χ3v) is 17.9. The van der Waals surface area contributed by atoms with Gasteiger partial charge in [-0.15, -0.1) is 35.1 Å². The molecule has 0 aliphatic carbocycles. The summed E-state index contributed by atoms with van der Waals surface area (Å²) >= 11 is 3.00. The molecule has 5 aliphatic rings. The fourth-order valence-electron chi connectivity index (χ4n) is 11.2. The highest BCUT2D eigenvalue weighted by atomic mass is 79.9.